The van der Waals surface area contributed by atoms with E-state index in [0.717, 1.165) is 11.4 Å². The van der Waals surface area contributed by atoms with Crippen LogP contribution >= 0.6 is 0 Å². The Bertz CT molecular complexity index is 3690. The molecule has 0 fully saturated rings. The molecule has 1 aliphatic carbocycles. The average molecular weight is 801 g/mol. The maximum Gasteiger partial charge on any atom is 0.0641 e. The lowest BCUT2D eigenvalue weighted by atomic mass is 9.88. The van der Waals surface area contributed by atoms with Crippen LogP contribution in [0, 0.1) is 0 Å². The van der Waals surface area contributed by atoms with Gasteiger partial charge in [-0.1, -0.05) is 182 Å². The highest BCUT2D eigenvalue weighted by Crippen LogP contribution is 2.50. The lowest BCUT2D eigenvalue weighted by molar-refractivity contribution is 1.02. The molecule has 1 atom stereocenters. The fourth-order valence-electron chi connectivity index (χ4n) is 10.5. The summed E-state index contributed by atoms with van der Waals surface area (Å²) in [6, 6.07) is 87.1. The van der Waals surface area contributed by atoms with E-state index in [2.05, 4.69) is 246 Å². The molecule has 0 N–H and O–H groups in total. The van der Waals surface area contributed by atoms with Crippen molar-refractivity contribution in [3.8, 4) is 55.9 Å². The van der Waals surface area contributed by atoms with Gasteiger partial charge in [0.15, 0.2) is 0 Å². The first-order chi connectivity index (χ1) is 31.3. The van der Waals surface area contributed by atoms with Crippen molar-refractivity contribution in [3.63, 3.8) is 0 Å². The number of hydrogen-bond acceptors (Lipinski definition) is 0. The van der Waals surface area contributed by atoms with Gasteiger partial charge in [0, 0.05) is 38.8 Å². The van der Waals surface area contributed by atoms with Crippen LogP contribution in [0.5, 0.6) is 0 Å². The highest BCUT2D eigenvalue weighted by molar-refractivity contribution is 6.26. The van der Waals surface area contributed by atoms with Gasteiger partial charge in [0.1, 0.15) is 0 Å². The van der Waals surface area contributed by atoms with Gasteiger partial charge in [-0.05, 0) is 116 Å². The topological polar surface area (TPSA) is 9.86 Å². The third-order valence-corrected chi connectivity index (χ3v) is 13.4. The monoisotopic (exact) mass is 800 g/mol. The van der Waals surface area contributed by atoms with Crippen molar-refractivity contribution in [3.05, 3.63) is 253 Å². The number of benzene rings is 10. The van der Waals surface area contributed by atoms with E-state index in [1.165, 1.54) is 105 Å². The second-order valence-electron chi connectivity index (χ2n) is 16.8. The molecule has 0 saturated carbocycles. The molecule has 12 aromatic rings. The third-order valence-electron chi connectivity index (χ3n) is 13.4. The molecule has 0 saturated heterocycles. The summed E-state index contributed by atoms with van der Waals surface area (Å²) in [7, 11) is 0. The van der Waals surface area contributed by atoms with Crippen molar-refractivity contribution >= 4 is 43.6 Å². The first-order valence-electron chi connectivity index (χ1n) is 21.9. The predicted octanol–water partition coefficient (Wildman–Crippen LogP) is 16.0. The molecule has 2 aromatic heterocycles. The van der Waals surface area contributed by atoms with E-state index in [-0.39, 0.29) is 5.92 Å². The van der Waals surface area contributed by atoms with Crippen molar-refractivity contribution in [2.75, 3.05) is 0 Å². The number of nitrogens with zero attached hydrogens (tertiary/aromatic N) is 2. The summed E-state index contributed by atoms with van der Waals surface area (Å²) in [5, 5.41) is 4.99. The molecular formula is C61H40N2. The minimum absolute atomic E-state index is 0.184. The molecule has 0 amide bonds. The lowest BCUT2D eigenvalue weighted by Crippen LogP contribution is -1.99. The van der Waals surface area contributed by atoms with Crippen LogP contribution in [0.25, 0.3) is 99.5 Å². The second-order valence-corrected chi connectivity index (χ2v) is 16.8. The smallest absolute Gasteiger partial charge is 0.0641 e. The maximum atomic E-state index is 2.50. The Morgan fingerprint density at radius 3 is 1.56 bits per heavy atom. The number of rotatable bonds is 6. The zero-order valence-corrected chi connectivity index (χ0v) is 34.5. The fourth-order valence-corrected chi connectivity index (χ4v) is 10.5. The Kier molecular flexibility index (Phi) is 8.01. The van der Waals surface area contributed by atoms with Crippen molar-refractivity contribution in [2.24, 2.45) is 0 Å². The van der Waals surface area contributed by atoms with Gasteiger partial charge in [-0.25, -0.2) is 0 Å². The van der Waals surface area contributed by atoms with Crippen LogP contribution in [0.2, 0.25) is 0 Å². The normalized spacial score (nSPS) is 13.2. The second kappa shape index (κ2) is 14.2. The Hall–Kier alpha value is -8.20. The Morgan fingerprint density at radius 1 is 0.286 bits per heavy atom. The summed E-state index contributed by atoms with van der Waals surface area (Å²) in [6.45, 7) is 0. The van der Waals surface area contributed by atoms with E-state index in [9.17, 15) is 0 Å². The van der Waals surface area contributed by atoms with Crippen LogP contribution in [0.1, 0.15) is 22.6 Å². The van der Waals surface area contributed by atoms with Gasteiger partial charge in [-0.3, -0.25) is 0 Å². The van der Waals surface area contributed by atoms with Crippen LogP contribution in [-0.4, -0.2) is 9.13 Å². The summed E-state index contributed by atoms with van der Waals surface area (Å²) in [5.41, 5.74) is 21.1. The van der Waals surface area contributed by atoms with Crippen molar-refractivity contribution in [1.82, 2.24) is 9.13 Å². The largest absolute Gasteiger partial charge is 0.309 e. The molecule has 294 valence electrons. The first kappa shape index (κ1) is 35.5. The summed E-state index contributed by atoms with van der Waals surface area (Å²) >= 11 is 0. The quantitative estimate of drug-likeness (QED) is 0.159. The summed E-state index contributed by atoms with van der Waals surface area (Å²) in [5.74, 6) is 0.184. The van der Waals surface area contributed by atoms with Crippen molar-refractivity contribution < 1.29 is 0 Å². The van der Waals surface area contributed by atoms with Gasteiger partial charge in [0.2, 0.25) is 0 Å². The molecule has 63 heavy (non-hydrogen) atoms. The van der Waals surface area contributed by atoms with Gasteiger partial charge >= 0.3 is 0 Å². The molecule has 2 heterocycles. The molecule has 0 radical (unpaired) electrons. The third kappa shape index (κ3) is 5.58. The number of fused-ring (bicyclic) bond motifs is 10. The summed E-state index contributed by atoms with van der Waals surface area (Å²) in [6.07, 6.45) is 0. The van der Waals surface area contributed by atoms with Gasteiger partial charge in [-0.2, -0.15) is 0 Å². The van der Waals surface area contributed by atoms with Crippen LogP contribution in [0.3, 0.4) is 0 Å². The van der Waals surface area contributed by atoms with E-state index in [1.807, 2.05) is 0 Å². The van der Waals surface area contributed by atoms with Crippen molar-refractivity contribution in [2.45, 2.75) is 5.92 Å². The van der Waals surface area contributed by atoms with E-state index in [4.69, 9.17) is 0 Å². The van der Waals surface area contributed by atoms with Crippen LogP contribution < -0.4 is 0 Å². The van der Waals surface area contributed by atoms with Crippen LogP contribution in [-0.2, 0) is 0 Å². The van der Waals surface area contributed by atoms with E-state index < -0.39 is 0 Å². The number of hydrogen-bond donors (Lipinski definition) is 0. The number of aromatic nitrogens is 2. The predicted molar refractivity (Wildman–Crippen MR) is 264 cm³/mol. The van der Waals surface area contributed by atoms with E-state index in [0.29, 0.717) is 0 Å². The lowest BCUT2D eigenvalue weighted by Gasteiger charge is -2.15. The molecule has 0 bridgehead atoms. The SMILES string of the molecule is c1ccc(-c2ccc(C3c4ccccc4-c4cc(-c5ccc6c(c5)c5ccc7c(c8ccccc8n7-c7ccccc7)c5n6-c5ccc(-c6ccccc6)cc5)ccc43)cc2)cc1. The molecular weight excluding hydrogens is 761 g/mol. The highest BCUT2D eigenvalue weighted by Gasteiger charge is 2.30. The Morgan fingerprint density at radius 2 is 0.810 bits per heavy atom. The van der Waals surface area contributed by atoms with Gasteiger partial charge in [0.25, 0.3) is 0 Å². The minimum Gasteiger partial charge on any atom is -0.309 e. The average Bonchev–Trinajstić information content (AvgIpc) is 4.00. The van der Waals surface area contributed by atoms with Crippen LogP contribution in [0.15, 0.2) is 237 Å². The molecule has 1 aliphatic rings. The van der Waals surface area contributed by atoms with E-state index in [1.54, 1.807) is 0 Å². The van der Waals surface area contributed by atoms with Crippen LogP contribution in [0.4, 0.5) is 0 Å². The molecule has 1 unspecified atom stereocenters. The first-order valence-corrected chi connectivity index (χ1v) is 21.9. The Balaban J connectivity index is 0.996. The minimum atomic E-state index is 0.184. The van der Waals surface area contributed by atoms with Crippen molar-refractivity contribution in [1.29, 1.82) is 0 Å². The van der Waals surface area contributed by atoms with Gasteiger partial charge in [-0.15, -0.1) is 0 Å². The summed E-state index contributed by atoms with van der Waals surface area (Å²) in [4.78, 5) is 0. The molecule has 10 aromatic carbocycles. The standard InChI is InChI=1S/C61H40N2/c1-4-14-40(15-5-1)42-24-26-44(27-25-42)59-50-21-11-10-20-49(50)54-38-45(30-34-51(54)59)46-31-36-57-55(39-46)52-35-37-58-60(53-22-12-13-23-56(53)62(58)47-18-8-3-9-19-47)61(52)63(57)48-32-28-43(29-33-48)41-16-6-2-7-17-41/h1-39,59H. The molecule has 2 nitrogen and oxygen atoms in total. The molecule has 0 aliphatic heterocycles. The molecule has 13 rings (SSSR count). The molecule has 2 heteroatoms. The zero-order valence-electron chi connectivity index (χ0n) is 34.5. The van der Waals surface area contributed by atoms with Gasteiger partial charge in [0.05, 0.1) is 22.1 Å². The summed E-state index contributed by atoms with van der Waals surface area (Å²) < 4.78 is 4.92. The zero-order chi connectivity index (χ0) is 41.4. The Labute approximate surface area is 366 Å². The maximum absolute atomic E-state index is 2.50. The number of para-hydroxylation sites is 2. The highest BCUT2D eigenvalue weighted by atomic mass is 15.0. The fraction of sp³-hybridized carbons (Fsp3) is 0.0164. The molecule has 0 spiro atoms. The van der Waals surface area contributed by atoms with E-state index >= 15 is 0 Å². The van der Waals surface area contributed by atoms with Gasteiger partial charge < -0.3 is 9.13 Å².